The molecule has 0 aromatic rings. The Labute approximate surface area is 246 Å². The number of β-amino-alcohol motifs (C(OH)–C–C–N with tert-alkyl or cyclic N) is 1. The van der Waals surface area contributed by atoms with E-state index in [1.807, 2.05) is 26.0 Å². The topological polar surface area (TPSA) is 171 Å². The van der Waals surface area contributed by atoms with Crippen molar-refractivity contribution < 1.29 is 37.4 Å². The maximum atomic E-state index is 13.4. The second-order valence-electron chi connectivity index (χ2n) is 12.5. The van der Waals surface area contributed by atoms with Crippen LogP contribution in [0.1, 0.15) is 73.1 Å². The third-order valence-corrected chi connectivity index (χ3v) is 10.7. The average molecular weight is 617 g/mol. The van der Waals surface area contributed by atoms with Crippen molar-refractivity contribution >= 4 is 46.1 Å². The normalized spacial score (nSPS) is 25.5. The smallest absolute Gasteiger partial charge is 0.408 e. The molecule has 2 saturated carbocycles. The quantitative estimate of drug-likeness (QED) is 0.128. The third kappa shape index (κ3) is 9.08. The van der Waals surface area contributed by atoms with Crippen molar-refractivity contribution in [1.82, 2.24) is 20.3 Å². The molecular formula is C27H44N4O8S2. The van der Waals surface area contributed by atoms with Crippen LogP contribution in [0.3, 0.4) is 0 Å². The van der Waals surface area contributed by atoms with E-state index in [-0.39, 0.29) is 18.4 Å². The Hall–Kier alpha value is -2.32. The lowest BCUT2D eigenvalue weighted by molar-refractivity contribution is -0.133. The molecule has 14 heteroatoms. The van der Waals surface area contributed by atoms with Gasteiger partial charge in [-0.3, -0.25) is 19.1 Å². The van der Waals surface area contributed by atoms with Crippen LogP contribution in [-0.2, 0) is 29.1 Å². The van der Waals surface area contributed by atoms with Crippen LogP contribution in [0.2, 0.25) is 0 Å². The van der Waals surface area contributed by atoms with Crippen molar-refractivity contribution in [2.45, 2.75) is 106 Å². The molecule has 41 heavy (non-hydrogen) atoms. The highest BCUT2D eigenvalue weighted by molar-refractivity contribution is 8.00. The van der Waals surface area contributed by atoms with E-state index in [1.165, 1.54) is 11.8 Å². The Bertz CT molecular complexity index is 1130. The van der Waals surface area contributed by atoms with Gasteiger partial charge < -0.3 is 25.4 Å². The summed E-state index contributed by atoms with van der Waals surface area (Å²) in [7, 11) is -3.71. The first-order valence-corrected chi connectivity index (χ1v) is 16.6. The van der Waals surface area contributed by atoms with E-state index < -0.39 is 55.3 Å². The van der Waals surface area contributed by atoms with Gasteiger partial charge in [0.15, 0.2) is 0 Å². The zero-order valence-electron chi connectivity index (χ0n) is 24.5. The molecule has 4 atom stereocenters. The molecule has 1 heterocycles. The van der Waals surface area contributed by atoms with Crippen LogP contribution >= 0.6 is 11.8 Å². The van der Waals surface area contributed by atoms with Gasteiger partial charge in [0.25, 0.3) is 5.91 Å². The van der Waals surface area contributed by atoms with Gasteiger partial charge in [0.1, 0.15) is 17.2 Å². The van der Waals surface area contributed by atoms with E-state index in [1.54, 1.807) is 25.7 Å². The van der Waals surface area contributed by atoms with Crippen molar-refractivity contribution in [3.63, 3.8) is 0 Å². The number of alkyl carbamates (subject to hydrolysis) is 1. The fourth-order valence-electron chi connectivity index (χ4n) is 4.76. The van der Waals surface area contributed by atoms with E-state index in [2.05, 4.69) is 15.4 Å². The minimum Gasteiger partial charge on any atom is -0.444 e. The minimum atomic E-state index is -3.71. The molecule has 12 nitrogen and oxygen atoms in total. The maximum Gasteiger partial charge on any atom is 0.408 e. The summed E-state index contributed by atoms with van der Waals surface area (Å²) >= 11 is 1.53. The summed E-state index contributed by atoms with van der Waals surface area (Å²) in [6.45, 7) is 9.66. The molecule has 0 aromatic carbocycles. The molecule has 0 aromatic heterocycles. The highest BCUT2D eigenvalue weighted by atomic mass is 32.2. The number of carbonyl (C=O) groups excluding carboxylic acids is 4. The number of allylic oxidation sites excluding steroid dienone is 1. The van der Waals surface area contributed by atoms with Crippen molar-refractivity contribution in [1.29, 1.82) is 0 Å². The van der Waals surface area contributed by atoms with Crippen LogP contribution < -0.4 is 15.4 Å². The molecule has 0 bridgehead atoms. The zero-order valence-corrected chi connectivity index (χ0v) is 26.1. The Balaban J connectivity index is 1.52. The van der Waals surface area contributed by atoms with Gasteiger partial charge in [-0.15, -0.1) is 0 Å². The molecule has 232 valence electrons. The van der Waals surface area contributed by atoms with Gasteiger partial charge in [-0.05, 0) is 78.9 Å². The fraction of sp³-hybridized carbons (Fsp3) is 0.778. The second kappa shape index (κ2) is 12.9. The van der Waals surface area contributed by atoms with Crippen LogP contribution in [0.25, 0.3) is 0 Å². The Morgan fingerprint density at radius 2 is 1.85 bits per heavy atom. The lowest BCUT2D eigenvalue weighted by atomic mass is 10.0. The summed E-state index contributed by atoms with van der Waals surface area (Å²) in [5.41, 5.74) is -1.97. The molecule has 4 N–H and O–H groups in total. The van der Waals surface area contributed by atoms with Crippen molar-refractivity contribution in [3.8, 4) is 0 Å². The molecule has 0 spiro atoms. The lowest BCUT2D eigenvalue weighted by Gasteiger charge is -2.36. The number of aliphatic hydroxyl groups excluding tert-OH is 1. The predicted octanol–water partition coefficient (Wildman–Crippen LogP) is 1.43. The van der Waals surface area contributed by atoms with E-state index >= 15 is 0 Å². The lowest BCUT2D eigenvalue weighted by Crippen LogP contribution is -2.57. The predicted molar refractivity (Wildman–Crippen MR) is 155 cm³/mol. The molecule has 1 aliphatic heterocycles. The molecule has 0 unspecified atom stereocenters. The van der Waals surface area contributed by atoms with Gasteiger partial charge in [0.05, 0.1) is 11.4 Å². The Kier molecular flexibility index (Phi) is 10.4. The van der Waals surface area contributed by atoms with Crippen LogP contribution in [0, 0.1) is 5.92 Å². The number of amides is 4. The number of sulfonamides is 1. The first kappa shape index (κ1) is 33.2. The second-order valence-corrected chi connectivity index (χ2v) is 16.3. The van der Waals surface area contributed by atoms with E-state index in [4.69, 9.17) is 4.74 Å². The monoisotopic (exact) mass is 616 g/mol. The van der Waals surface area contributed by atoms with Crippen LogP contribution in [0.15, 0.2) is 12.2 Å². The highest BCUT2D eigenvalue weighted by Crippen LogP contribution is 2.45. The average Bonchev–Trinajstić information content (AvgIpc) is 3.76. The molecule has 4 amide bonds. The van der Waals surface area contributed by atoms with Crippen molar-refractivity contribution in [2.75, 3.05) is 18.8 Å². The summed E-state index contributed by atoms with van der Waals surface area (Å²) in [6, 6.07) is -0.866. The number of aliphatic hydroxyl groups is 1. The number of nitrogens with zero attached hydrogens (tertiary/aromatic N) is 1. The van der Waals surface area contributed by atoms with Crippen molar-refractivity contribution in [3.05, 3.63) is 12.2 Å². The van der Waals surface area contributed by atoms with Crippen LogP contribution in [-0.4, -0.2) is 94.9 Å². The maximum absolute atomic E-state index is 13.4. The van der Waals surface area contributed by atoms with Gasteiger partial charge in [-0.1, -0.05) is 12.2 Å². The standard InChI is InChI=1S/C27H44N4O8S2/c1-25(2,3)39-24(36)29-21(22(34)31-13-12-19(33)16-31)26(4,5)40-14-8-6-7-9-18-15-27(18,28-17-32)23(35)30-41(37,38)20-10-11-20/h7,9,17-21,33H,6,8,10-16H2,1-5H3,(H,28,32)(H,29,36)(H,30,35)/b9-7-/t18-,19-,21-,27-/m1/s1. The van der Waals surface area contributed by atoms with Gasteiger partial charge in [-0.25, -0.2) is 13.2 Å². The largest absolute Gasteiger partial charge is 0.444 e. The summed E-state index contributed by atoms with van der Waals surface area (Å²) in [6.07, 6.45) is 6.16. The van der Waals surface area contributed by atoms with Gasteiger partial charge in [-0.2, -0.15) is 11.8 Å². The molecular weight excluding hydrogens is 572 g/mol. The number of nitrogens with one attached hydrogen (secondary N) is 3. The molecule has 3 fully saturated rings. The number of unbranched alkanes of at least 4 members (excludes halogenated alkanes) is 1. The fourth-order valence-corrected chi connectivity index (χ4v) is 7.29. The van der Waals surface area contributed by atoms with Crippen LogP contribution in [0.4, 0.5) is 4.79 Å². The molecule has 0 radical (unpaired) electrons. The Morgan fingerprint density at radius 1 is 1.17 bits per heavy atom. The van der Waals surface area contributed by atoms with Gasteiger partial charge >= 0.3 is 6.09 Å². The SMILES string of the molecule is CC(C)(C)OC(=O)N[C@H](C(=O)N1CC[C@@H](O)C1)C(C)(C)SCCC/C=C\[C@@H]1C[C@]1(NC=O)C(=O)NS(=O)(=O)C1CC1. The zero-order chi connectivity index (χ0) is 30.6. The number of ether oxygens (including phenoxy) is 1. The van der Waals surface area contributed by atoms with Crippen LogP contribution in [0.5, 0.6) is 0 Å². The van der Waals surface area contributed by atoms with Gasteiger partial charge in [0, 0.05) is 23.8 Å². The van der Waals surface area contributed by atoms with E-state index in [0.29, 0.717) is 50.8 Å². The van der Waals surface area contributed by atoms with E-state index in [9.17, 15) is 32.7 Å². The molecule has 3 aliphatic rings. The summed E-state index contributed by atoms with van der Waals surface area (Å²) in [4.78, 5) is 51.3. The molecule has 2 aliphatic carbocycles. The number of hydrogen-bond acceptors (Lipinski definition) is 9. The van der Waals surface area contributed by atoms with Crippen molar-refractivity contribution in [2.24, 2.45) is 5.92 Å². The minimum absolute atomic E-state index is 0.225. The first-order valence-electron chi connectivity index (χ1n) is 14.0. The number of hydrogen-bond donors (Lipinski definition) is 4. The first-order chi connectivity index (χ1) is 19.0. The van der Waals surface area contributed by atoms with E-state index in [0.717, 1.165) is 6.42 Å². The molecule has 1 saturated heterocycles. The number of rotatable bonds is 14. The number of carbonyl (C=O) groups is 4. The summed E-state index contributed by atoms with van der Waals surface area (Å²) < 4.78 is 31.2. The van der Waals surface area contributed by atoms with Gasteiger partial charge in [0.2, 0.25) is 22.3 Å². The molecule has 3 rings (SSSR count). The number of thioether (sulfide) groups is 1. The number of likely N-dealkylation sites (tertiary alicyclic amines) is 1. The third-order valence-electron chi connectivity index (χ3n) is 7.37. The highest BCUT2D eigenvalue weighted by Gasteiger charge is 2.60. The summed E-state index contributed by atoms with van der Waals surface area (Å²) in [5, 5.41) is 14.6. The summed E-state index contributed by atoms with van der Waals surface area (Å²) in [5.74, 6) is -0.605. The Morgan fingerprint density at radius 3 is 2.41 bits per heavy atom.